The van der Waals surface area contributed by atoms with Crippen molar-refractivity contribution in [3.05, 3.63) is 140 Å². The van der Waals surface area contributed by atoms with Crippen LogP contribution in [0.1, 0.15) is 0 Å². The number of hydrogen-bond acceptors (Lipinski definition) is 1. The molecule has 0 atom stereocenters. The zero-order chi connectivity index (χ0) is 26.2. The number of fused-ring (bicyclic) bond motifs is 11. The molecule has 0 N–H and O–H groups in total. The Balaban J connectivity index is 1.46. The molecule has 40 heavy (non-hydrogen) atoms. The Morgan fingerprint density at radius 2 is 1.07 bits per heavy atom. The third-order valence-corrected chi connectivity index (χ3v) is 8.36. The largest absolute Gasteiger partial charge is 0.455 e. The lowest BCUT2D eigenvalue weighted by Gasteiger charge is -2.10. The summed E-state index contributed by atoms with van der Waals surface area (Å²) in [6.07, 6.45) is 0. The zero-order valence-corrected chi connectivity index (χ0v) is 21.6. The van der Waals surface area contributed by atoms with Gasteiger partial charge < -0.3 is 8.98 Å². The number of nitrogens with zero attached hydrogens (tertiary/aromatic N) is 1. The summed E-state index contributed by atoms with van der Waals surface area (Å²) in [5, 5.41) is 9.64. The number of furan rings is 1. The van der Waals surface area contributed by atoms with E-state index in [4.69, 9.17) is 4.42 Å². The lowest BCUT2D eigenvalue weighted by Crippen LogP contribution is -1.94. The molecule has 9 rings (SSSR count). The molecule has 186 valence electrons. The quantitative estimate of drug-likeness (QED) is 0.227. The van der Waals surface area contributed by atoms with E-state index in [9.17, 15) is 0 Å². The molecule has 0 unspecified atom stereocenters. The Hall–Kier alpha value is -5.34. The minimum atomic E-state index is 0.924. The molecule has 0 saturated carbocycles. The Kier molecular flexibility index (Phi) is 4.36. The predicted molar refractivity (Wildman–Crippen MR) is 169 cm³/mol. The van der Waals surface area contributed by atoms with Gasteiger partial charge in [-0.15, -0.1) is 0 Å². The van der Waals surface area contributed by atoms with E-state index in [1.807, 2.05) is 0 Å². The van der Waals surface area contributed by atoms with Gasteiger partial charge in [-0.25, -0.2) is 0 Å². The van der Waals surface area contributed by atoms with Crippen molar-refractivity contribution >= 4 is 65.3 Å². The Labute approximate surface area is 230 Å². The van der Waals surface area contributed by atoms with Crippen LogP contribution in [0.2, 0.25) is 0 Å². The first kappa shape index (κ1) is 21.6. The second-order valence-electron chi connectivity index (χ2n) is 10.5. The second kappa shape index (κ2) is 8.08. The van der Waals surface area contributed by atoms with E-state index in [1.165, 1.54) is 49.0 Å². The number of rotatable bonds is 2. The molecule has 0 aliphatic rings. The molecular weight excluding hydrogens is 486 g/mol. The van der Waals surface area contributed by atoms with E-state index in [2.05, 4.69) is 144 Å². The van der Waals surface area contributed by atoms with Crippen LogP contribution in [0.3, 0.4) is 0 Å². The van der Waals surface area contributed by atoms with E-state index in [0.717, 1.165) is 33.1 Å². The van der Waals surface area contributed by atoms with E-state index in [0.29, 0.717) is 0 Å². The Bertz CT molecular complexity index is 2420. The van der Waals surface area contributed by atoms with Gasteiger partial charge in [0.1, 0.15) is 11.2 Å². The average Bonchev–Trinajstić information content (AvgIpc) is 3.58. The summed E-state index contributed by atoms with van der Waals surface area (Å²) < 4.78 is 9.16. The summed E-state index contributed by atoms with van der Waals surface area (Å²) in [6, 6.07) is 50.0. The number of benzene rings is 7. The van der Waals surface area contributed by atoms with Gasteiger partial charge in [-0.1, -0.05) is 103 Å². The molecule has 0 fully saturated rings. The van der Waals surface area contributed by atoms with E-state index in [-0.39, 0.29) is 0 Å². The molecule has 0 bridgehead atoms. The molecule has 2 nitrogen and oxygen atoms in total. The van der Waals surface area contributed by atoms with Gasteiger partial charge in [0.25, 0.3) is 0 Å². The van der Waals surface area contributed by atoms with Gasteiger partial charge in [-0.2, -0.15) is 0 Å². The molecule has 0 radical (unpaired) electrons. The van der Waals surface area contributed by atoms with Gasteiger partial charge in [-0.05, 0) is 69.1 Å². The summed E-state index contributed by atoms with van der Waals surface area (Å²) in [5.41, 5.74) is 7.74. The minimum Gasteiger partial charge on any atom is -0.455 e. The van der Waals surface area contributed by atoms with Gasteiger partial charge >= 0.3 is 0 Å². The molecule has 0 aliphatic carbocycles. The summed E-state index contributed by atoms with van der Waals surface area (Å²) in [4.78, 5) is 0. The van der Waals surface area contributed by atoms with Crippen molar-refractivity contribution in [2.45, 2.75) is 0 Å². The smallest absolute Gasteiger partial charge is 0.145 e. The molecule has 7 aromatic carbocycles. The lowest BCUT2D eigenvalue weighted by atomic mass is 10.0. The van der Waals surface area contributed by atoms with Crippen LogP contribution in [-0.2, 0) is 0 Å². The third kappa shape index (κ3) is 2.93. The Morgan fingerprint density at radius 3 is 1.90 bits per heavy atom. The van der Waals surface area contributed by atoms with Gasteiger partial charge in [-0.3, -0.25) is 0 Å². The first-order valence-electron chi connectivity index (χ1n) is 13.7. The normalized spacial score (nSPS) is 12.0. The van der Waals surface area contributed by atoms with Crippen molar-refractivity contribution in [1.29, 1.82) is 0 Å². The topological polar surface area (TPSA) is 18.1 Å². The van der Waals surface area contributed by atoms with Crippen LogP contribution in [0, 0.1) is 0 Å². The molecule has 0 spiro atoms. The van der Waals surface area contributed by atoms with E-state index >= 15 is 0 Å². The van der Waals surface area contributed by atoms with Crippen molar-refractivity contribution in [3.8, 4) is 16.8 Å². The van der Waals surface area contributed by atoms with Crippen molar-refractivity contribution in [2.24, 2.45) is 0 Å². The molecule has 2 aromatic heterocycles. The molecule has 2 heterocycles. The molecule has 2 heteroatoms. The highest BCUT2D eigenvalue weighted by molar-refractivity contribution is 6.31. The van der Waals surface area contributed by atoms with Crippen molar-refractivity contribution in [1.82, 2.24) is 4.57 Å². The van der Waals surface area contributed by atoms with Crippen LogP contribution in [0.4, 0.5) is 0 Å². The maximum atomic E-state index is 6.76. The highest BCUT2D eigenvalue weighted by atomic mass is 16.3. The van der Waals surface area contributed by atoms with Gasteiger partial charge in [0, 0.05) is 21.8 Å². The lowest BCUT2D eigenvalue weighted by molar-refractivity contribution is 0.673. The van der Waals surface area contributed by atoms with Crippen LogP contribution in [0.25, 0.3) is 82.1 Å². The fourth-order valence-corrected chi connectivity index (χ4v) is 6.60. The standard InChI is InChI=1S/C38H23NO/c1-2-9-24(10-3-1)27-13-8-14-28(23-27)39-32-20-17-25-11-5-7-16-30(25)36(32)37-33(39)21-19-31-35-29-15-6-4-12-26(29)18-22-34(35)40-38(31)37/h1-23H. The van der Waals surface area contributed by atoms with Crippen LogP contribution in [-0.4, -0.2) is 4.57 Å². The monoisotopic (exact) mass is 509 g/mol. The SMILES string of the molecule is c1ccc(-c2cccc(-n3c4ccc5ccccc5c4c4c5oc6ccc7ccccc7c6c5ccc43)c2)cc1. The van der Waals surface area contributed by atoms with Gasteiger partial charge in [0.2, 0.25) is 0 Å². The van der Waals surface area contributed by atoms with Crippen LogP contribution in [0.15, 0.2) is 144 Å². The fourth-order valence-electron chi connectivity index (χ4n) is 6.60. The van der Waals surface area contributed by atoms with E-state index < -0.39 is 0 Å². The zero-order valence-electron chi connectivity index (χ0n) is 21.6. The summed E-state index contributed by atoms with van der Waals surface area (Å²) in [6.45, 7) is 0. The first-order chi connectivity index (χ1) is 19.8. The highest BCUT2D eigenvalue weighted by Gasteiger charge is 2.21. The second-order valence-corrected chi connectivity index (χ2v) is 10.5. The minimum absolute atomic E-state index is 0.924. The average molecular weight is 510 g/mol. The van der Waals surface area contributed by atoms with Gasteiger partial charge in [0.15, 0.2) is 0 Å². The third-order valence-electron chi connectivity index (χ3n) is 8.36. The van der Waals surface area contributed by atoms with Crippen molar-refractivity contribution in [2.75, 3.05) is 0 Å². The van der Waals surface area contributed by atoms with Crippen LogP contribution in [0.5, 0.6) is 0 Å². The van der Waals surface area contributed by atoms with Crippen molar-refractivity contribution in [3.63, 3.8) is 0 Å². The molecule has 0 aliphatic heterocycles. The number of hydrogen-bond donors (Lipinski definition) is 0. The highest BCUT2D eigenvalue weighted by Crippen LogP contribution is 2.44. The molecule has 0 amide bonds. The maximum Gasteiger partial charge on any atom is 0.145 e. The maximum absolute atomic E-state index is 6.76. The first-order valence-corrected chi connectivity index (χ1v) is 13.7. The summed E-state index contributed by atoms with van der Waals surface area (Å²) >= 11 is 0. The predicted octanol–water partition coefficient (Wildman–Crippen LogP) is 10.7. The summed E-state index contributed by atoms with van der Waals surface area (Å²) in [7, 11) is 0. The Morgan fingerprint density at radius 1 is 0.425 bits per heavy atom. The molecule has 9 aromatic rings. The van der Waals surface area contributed by atoms with E-state index in [1.54, 1.807) is 0 Å². The van der Waals surface area contributed by atoms with Crippen LogP contribution < -0.4 is 0 Å². The number of aromatic nitrogens is 1. The fraction of sp³-hybridized carbons (Fsp3) is 0. The van der Waals surface area contributed by atoms with Crippen LogP contribution >= 0.6 is 0 Å². The molecule has 0 saturated heterocycles. The molecular formula is C38H23NO. The van der Waals surface area contributed by atoms with Crippen molar-refractivity contribution < 1.29 is 4.42 Å². The van der Waals surface area contributed by atoms with Gasteiger partial charge in [0.05, 0.1) is 16.4 Å². The summed E-state index contributed by atoms with van der Waals surface area (Å²) in [5.74, 6) is 0.